The molecule has 0 fully saturated rings. The summed E-state index contributed by atoms with van der Waals surface area (Å²) < 4.78 is 9.28. The van der Waals surface area contributed by atoms with Gasteiger partial charge in [0.25, 0.3) is 5.56 Å². The second kappa shape index (κ2) is 7.97. The molecular weight excluding hydrogens is 326 g/mol. The van der Waals surface area contributed by atoms with Gasteiger partial charge in [-0.15, -0.1) is 0 Å². The fraction of sp³-hybridized carbons (Fsp3) is 0.238. The van der Waals surface area contributed by atoms with E-state index in [1.807, 2.05) is 36.0 Å². The molecule has 2 aromatic heterocycles. The lowest BCUT2D eigenvalue weighted by Gasteiger charge is -2.17. The van der Waals surface area contributed by atoms with Gasteiger partial charge in [-0.1, -0.05) is 43.0 Å². The summed E-state index contributed by atoms with van der Waals surface area (Å²) >= 11 is 0. The Hall–Kier alpha value is -2.92. The smallest absolute Gasteiger partial charge is 0.250 e. The number of hydrogen-bond donors (Lipinski definition) is 0. The maximum atomic E-state index is 12.2. The highest BCUT2D eigenvalue weighted by Gasteiger charge is 2.18. The van der Waals surface area contributed by atoms with Crippen molar-refractivity contribution in [3.63, 3.8) is 0 Å². The molecule has 0 aliphatic carbocycles. The zero-order valence-electron chi connectivity index (χ0n) is 15.1. The number of methoxy groups -OCH3 is 1. The summed E-state index contributed by atoms with van der Waals surface area (Å²) in [4.78, 5) is 12.2. The molecule has 134 valence electrons. The van der Waals surface area contributed by atoms with Gasteiger partial charge in [-0.25, -0.2) is 0 Å². The topological polar surface area (TPSA) is 49.1 Å². The van der Waals surface area contributed by atoms with Crippen LogP contribution in [0.25, 0.3) is 6.08 Å². The van der Waals surface area contributed by atoms with Crippen LogP contribution in [-0.2, 0) is 17.8 Å². The van der Waals surface area contributed by atoms with Crippen molar-refractivity contribution in [3.8, 4) is 0 Å². The Morgan fingerprint density at radius 2 is 2.00 bits per heavy atom. The van der Waals surface area contributed by atoms with Crippen molar-refractivity contribution in [2.75, 3.05) is 7.11 Å². The van der Waals surface area contributed by atoms with Crippen LogP contribution in [0.4, 0.5) is 0 Å². The second-order valence-corrected chi connectivity index (χ2v) is 6.21. The predicted octanol–water partition coefficient (Wildman–Crippen LogP) is 3.43. The molecule has 2 heterocycles. The minimum Gasteiger partial charge on any atom is -0.375 e. The fourth-order valence-corrected chi connectivity index (χ4v) is 2.98. The first kappa shape index (κ1) is 17.9. The highest BCUT2D eigenvalue weighted by atomic mass is 16.5. The van der Waals surface area contributed by atoms with Gasteiger partial charge in [0.05, 0.1) is 19.3 Å². The third-order valence-corrected chi connectivity index (χ3v) is 4.55. The van der Waals surface area contributed by atoms with E-state index in [-0.39, 0.29) is 11.7 Å². The molecule has 0 spiro atoms. The standard InChI is InChI=1S/C21H23N3O2/c1-4-17-10-11-21(25)23(13-17)15-20(26-3)19-12-22-24(16(19)2)14-18-8-6-5-7-9-18/h4-13,20H,1,14-15H2,2-3H3. The molecule has 0 aliphatic heterocycles. The average molecular weight is 349 g/mol. The van der Waals surface area contributed by atoms with E-state index in [2.05, 4.69) is 23.8 Å². The van der Waals surface area contributed by atoms with Gasteiger partial charge in [-0.3, -0.25) is 9.48 Å². The summed E-state index contributed by atoms with van der Waals surface area (Å²) in [6, 6.07) is 13.5. The zero-order chi connectivity index (χ0) is 18.5. The van der Waals surface area contributed by atoms with Crippen molar-refractivity contribution in [2.45, 2.75) is 26.1 Å². The van der Waals surface area contributed by atoms with Crippen LogP contribution in [0.15, 0.2) is 66.2 Å². The fourth-order valence-electron chi connectivity index (χ4n) is 2.98. The lowest BCUT2D eigenvalue weighted by molar-refractivity contribution is 0.0863. The number of pyridine rings is 1. The van der Waals surface area contributed by atoms with Crippen molar-refractivity contribution >= 4 is 6.08 Å². The van der Waals surface area contributed by atoms with E-state index in [4.69, 9.17) is 4.74 Å². The van der Waals surface area contributed by atoms with Crippen LogP contribution < -0.4 is 5.56 Å². The number of rotatable bonds is 7. The highest BCUT2D eigenvalue weighted by molar-refractivity contribution is 5.44. The normalized spacial score (nSPS) is 12.1. The number of aromatic nitrogens is 3. The second-order valence-electron chi connectivity index (χ2n) is 6.21. The third-order valence-electron chi connectivity index (χ3n) is 4.55. The van der Waals surface area contributed by atoms with Gasteiger partial charge in [-0.05, 0) is 24.1 Å². The molecule has 1 unspecified atom stereocenters. The quantitative estimate of drug-likeness (QED) is 0.657. The molecule has 0 bridgehead atoms. The SMILES string of the molecule is C=Cc1ccc(=O)n(CC(OC)c2cnn(Cc3ccccc3)c2C)c1. The Balaban J connectivity index is 1.85. The molecule has 5 nitrogen and oxygen atoms in total. The molecule has 0 radical (unpaired) electrons. The van der Waals surface area contributed by atoms with Gasteiger partial charge in [0.15, 0.2) is 0 Å². The molecule has 0 saturated heterocycles. The van der Waals surface area contributed by atoms with Gasteiger partial charge >= 0.3 is 0 Å². The van der Waals surface area contributed by atoms with Gasteiger partial charge in [0.2, 0.25) is 0 Å². The summed E-state index contributed by atoms with van der Waals surface area (Å²) in [7, 11) is 1.65. The van der Waals surface area contributed by atoms with E-state index in [1.165, 1.54) is 5.56 Å². The Morgan fingerprint density at radius 3 is 2.69 bits per heavy atom. The summed E-state index contributed by atoms with van der Waals surface area (Å²) in [5.74, 6) is 0. The molecule has 3 rings (SSSR count). The molecular formula is C21H23N3O2. The van der Waals surface area contributed by atoms with Gasteiger partial charge in [0, 0.05) is 30.6 Å². The first-order chi connectivity index (χ1) is 12.6. The van der Waals surface area contributed by atoms with Gasteiger partial charge in [0.1, 0.15) is 6.10 Å². The minimum atomic E-state index is -0.253. The summed E-state index contributed by atoms with van der Waals surface area (Å²) in [6.07, 6.45) is 5.10. The Labute approximate surface area is 153 Å². The van der Waals surface area contributed by atoms with E-state index < -0.39 is 0 Å². The van der Waals surface area contributed by atoms with Crippen molar-refractivity contribution in [1.29, 1.82) is 0 Å². The van der Waals surface area contributed by atoms with Crippen LogP contribution in [0.2, 0.25) is 0 Å². The van der Waals surface area contributed by atoms with Crippen molar-refractivity contribution < 1.29 is 4.74 Å². The first-order valence-electron chi connectivity index (χ1n) is 8.54. The Morgan fingerprint density at radius 1 is 1.23 bits per heavy atom. The lowest BCUT2D eigenvalue weighted by atomic mass is 10.1. The molecule has 0 aliphatic rings. The monoisotopic (exact) mass is 349 g/mol. The van der Waals surface area contributed by atoms with Crippen molar-refractivity contribution in [2.24, 2.45) is 0 Å². The van der Waals surface area contributed by atoms with Crippen LogP contribution in [0.3, 0.4) is 0 Å². The van der Waals surface area contributed by atoms with Gasteiger partial charge < -0.3 is 9.30 Å². The van der Waals surface area contributed by atoms with E-state index in [9.17, 15) is 4.79 Å². The molecule has 1 aromatic carbocycles. The molecule has 1 atom stereocenters. The molecule has 5 heteroatoms. The molecule has 0 N–H and O–H groups in total. The van der Waals surface area contributed by atoms with E-state index in [1.54, 1.807) is 36.1 Å². The highest BCUT2D eigenvalue weighted by Crippen LogP contribution is 2.22. The third kappa shape index (κ3) is 3.83. The Kier molecular flexibility index (Phi) is 5.49. The maximum Gasteiger partial charge on any atom is 0.250 e. The summed E-state index contributed by atoms with van der Waals surface area (Å²) in [6.45, 7) is 6.91. The number of hydrogen-bond acceptors (Lipinski definition) is 3. The average Bonchev–Trinajstić information content (AvgIpc) is 3.02. The van der Waals surface area contributed by atoms with Crippen LogP contribution in [0.1, 0.15) is 28.5 Å². The molecule has 0 amide bonds. The van der Waals surface area contributed by atoms with Crippen LogP contribution in [0, 0.1) is 6.92 Å². The van der Waals surface area contributed by atoms with E-state index >= 15 is 0 Å². The lowest BCUT2D eigenvalue weighted by Crippen LogP contribution is -2.23. The maximum absolute atomic E-state index is 12.2. The zero-order valence-corrected chi connectivity index (χ0v) is 15.1. The molecule has 3 aromatic rings. The predicted molar refractivity (Wildman–Crippen MR) is 103 cm³/mol. The largest absolute Gasteiger partial charge is 0.375 e. The first-order valence-corrected chi connectivity index (χ1v) is 8.54. The van der Waals surface area contributed by atoms with Crippen LogP contribution in [0.5, 0.6) is 0 Å². The molecule has 26 heavy (non-hydrogen) atoms. The van der Waals surface area contributed by atoms with Crippen LogP contribution >= 0.6 is 0 Å². The molecule has 0 saturated carbocycles. The number of nitrogens with zero attached hydrogens (tertiary/aromatic N) is 3. The number of ether oxygens (including phenoxy) is 1. The van der Waals surface area contributed by atoms with Crippen molar-refractivity contribution in [3.05, 3.63) is 94.2 Å². The van der Waals surface area contributed by atoms with E-state index in [0.717, 1.165) is 16.8 Å². The summed E-state index contributed by atoms with van der Waals surface area (Å²) in [5.41, 5.74) is 4.05. The van der Waals surface area contributed by atoms with Crippen LogP contribution in [-0.4, -0.2) is 21.5 Å². The van der Waals surface area contributed by atoms with Gasteiger partial charge in [-0.2, -0.15) is 5.10 Å². The number of benzene rings is 1. The Bertz CT molecular complexity index is 941. The minimum absolute atomic E-state index is 0.0630. The van der Waals surface area contributed by atoms with Crippen molar-refractivity contribution in [1.82, 2.24) is 14.3 Å². The summed E-state index contributed by atoms with van der Waals surface area (Å²) in [5, 5.41) is 4.51. The van der Waals surface area contributed by atoms with E-state index in [0.29, 0.717) is 13.1 Å².